The zero-order valence-electron chi connectivity index (χ0n) is 17.5. The second kappa shape index (κ2) is 9.47. The van der Waals surface area contributed by atoms with Crippen molar-refractivity contribution in [2.24, 2.45) is 0 Å². The number of anilines is 2. The maximum absolute atomic E-state index is 12.9. The molecule has 7 nitrogen and oxygen atoms in total. The van der Waals surface area contributed by atoms with Crippen LogP contribution in [0.5, 0.6) is 5.75 Å². The molecule has 3 aromatic rings. The highest BCUT2D eigenvalue weighted by molar-refractivity contribution is 6.01. The number of pyridine rings is 1. The molecule has 31 heavy (non-hydrogen) atoms. The van der Waals surface area contributed by atoms with Crippen LogP contribution in [0, 0.1) is 0 Å². The molecule has 160 valence electrons. The number of rotatable bonds is 7. The van der Waals surface area contributed by atoms with Crippen LogP contribution in [-0.2, 0) is 9.53 Å². The Morgan fingerprint density at radius 3 is 2.61 bits per heavy atom. The highest BCUT2D eigenvalue weighted by atomic mass is 16.5. The molecule has 4 rings (SSSR count). The standard InChI is InChI=1S/C24H25N3O4/c1-2-30-21-12-6-5-11-20(21)25-22(28)16-31-24(29)18-15-17-9-3-4-10-19(17)26-23(18)27-13-7-8-14-27/h3-6,9-12,15H,2,7-8,13-14,16H2,1H3,(H,25,28). The number of nitrogens with zero attached hydrogens (tertiary/aromatic N) is 2. The molecule has 0 atom stereocenters. The van der Waals surface area contributed by atoms with Crippen LogP contribution in [0.4, 0.5) is 11.5 Å². The minimum atomic E-state index is -0.562. The number of para-hydroxylation sites is 3. The fraction of sp³-hybridized carbons (Fsp3) is 0.292. The lowest BCUT2D eigenvalue weighted by molar-refractivity contribution is -0.119. The van der Waals surface area contributed by atoms with Gasteiger partial charge < -0.3 is 19.7 Å². The molecule has 1 aliphatic rings. The second-order valence-electron chi connectivity index (χ2n) is 7.30. The SMILES string of the molecule is CCOc1ccccc1NC(=O)COC(=O)c1cc2ccccc2nc1N1CCCC1. The van der Waals surface area contributed by atoms with Gasteiger partial charge >= 0.3 is 5.97 Å². The first-order chi connectivity index (χ1) is 15.2. The Morgan fingerprint density at radius 2 is 1.81 bits per heavy atom. The third-order valence-electron chi connectivity index (χ3n) is 5.12. The topological polar surface area (TPSA) is 80.8 Å². The van der Waals surface area contributed by atoms with E-state index in [-0.39, 0.29) is 0 Å². The van der Waals surface area contributed by atoms with Crippen molar-refractivity contribution in [3.8, 4) is 5.75 Å². The maximum atomic E-state index is 12.9. The summed E-state index contributed by atoms with van der Waals surface area (Å²) in [6, 6.07) is 16.6. The summed E-state index contributed by atoms with van der Waals surface area (Å²) in [4.78, 5) is 32.1. The molecule has 0 bridgehead atoms. The van der Waals surface area contributed by atoms with Gasteiger partial charge in [0.1, 0.15) is 17.1 Å². The average molecular weight is 419 g/mol. The highest BCUT2D eigenvalue weighted by Gasteiger charge is 2.23. The van der Waals surface area contributed by atoms with Crippen LogP contribution in [0.15, 0.2) is 54.6 Å². The molecular weight excluding hydrogens is 394 g/mol. The first-order valence-electron chi connectivity index (χ1n) is 10.5. The van der Waals surface area contributed by atoms with Gasteiger partial charge in [-0.1, -0.05) is 30.3 Å². The number of carbonyl (C=O) groups excluding carboxylic acids is 2. The van der Waals surface area contributed by atoms with Crippen molar-refractivity contribution >= 4 is 34.3 Å². The first kappa shape index (κ1) is 20.7. The van der Waals surface area contributed by atoms with Gasteiger partial charge in [0.15, 0.2) is 6.61 Å². The van der Waals surface area contributed by atoms with Gasteiger partial charge in [-0.2, -0.15) is 0 Å². The Balaban J connectivity index is 1.49. The lowest BCUT2D eigenvalue weighted by atomic mass is 10.1. The number of hydrogen-bond acceptors (Lipinski definition) is 6. The average Bonchev–Trinajstić information content (AvgIpc) is 3.33. The molecule has 1 fully saturated rings. The number of nitrogens with one attached hydrogen (secondary N) is 1. The summed E-state index contributed by atoms with van der Waals surface area (Å²) < 4.78 is 10.9. The lowest BCUT2D eigenvalue weighted by Gasteiger charge is -2.20. The zero-order chi connectivity index (χ0) is 21.6. The van der Waals surface area contributed by atoms with Crippen LogP contribution in [-0.4, -0.2) is 43.2 Å². The monoisotopic (exact) mass is 419 g/mol. The Morgan fingerprint density at radius 1 is 1.06 bits per heavy atom. The molecule has 1 saturated heterocycles. The van der Waals surface area contributed by atoms with Crippen LogP contribution in [0.3, 0.4) is 0 Å². The molecular formula is C24H25N3O4. The van der Waals surface area contributed by atoms with E-state index < -0.39 is 18.5 Å². The number of hydrogen-bond donors (Lipinski definition) is 1. The first-order valence-corrected chi connectivity index (χ1v) is 10.5. The van der Waals surface area contributed by atoms with E-state index in [9.17, 15) is 9.59 Å². The van der Waals surface area contributed by atoms with Crippen molar-refractivity contribution in [2.45, 2.75) is 19.8 Å². The van der Waals surface area contributed by atoms with Crippen LogP contribution in [0.1, 0.15) is 30.1 Å². The van der Waals surface area contributed by atoms with Gasteiger partial charge in [0, 0.05) is 18.5 Å². The molecule has 1 aliphatic heterocycles. The van der Waals surface area contributed by atoms with Gasteiger partial charge in [-0.05, 0) is 44.0 Å². The Bertz CT molecular complexity index is 1090. The van der Waals surface area contributed by atoms with Crippen LogP contribution >= 0.6 is 0 Å². The summed E-state index contributed by atoms with van der Waals surface area (Å²) in [5.74, 6) is 0.188. The molecule has 2 aromatic carbocycles. The van der Waals surface area contributed by atoms with Crippen LogP contribution < -0.4 is 15.0 Å². The summed E-state index contributed by atoms with van der Waals surface area (Å²) >= 11 is 0. The molecule has 1 aromatic heterocycles. The fourth-order valence-corrected chi connectivity index (χ4v) is 3.67. The van der Waals surface area contributed by atoms with Crippen LogP contribution in [0.25, 0.3) is 10.9 Å². The Kier molecular flexibility index (Phi) is 6.31. The van der Waals surface area contributed by atoms with Gasteiger partial charge in [-0.3, -0.25) is 4.79 Å². The minimum Gasteiger partial charge on any atom is -0.492 e. The lowest BCUT2D eigenvalue weighted by Crippen LogP contribution is -2.25. The third-order valence-corrected chi connectivity index (χ3v) is 5.12. The Hall–Kier alpha value is -3.61. The Labute approximate surface area is 181 Å². The summed E-state index contributed by atoms with van der Waals surface area (Å²) in [5, 5.41) is 3.59. The van der Waals surface area contributed by atoms with E-state index in [1.807, 2.05) is 37.3 Å². The zero-order valence-corrected chi connectivity index (χ0v) is 17.5. The molecule has 0 radical (unpaired) electrons. The maximum Gasteiger partial charge on any atom is 0.342 e. The largest absolute Gasteiger partial charge is 0.492 e. The molecule has 0 spiro atoms. The van der Waals surface area contributed by atoms with Crippen molar-refractivity contribution in [2.75, 3.05) is 36.5 Å². The van der Waals surface area contributed by atoms with Gasteiger partial charge in [0.2, 0.25) is 0 Å². The summed E-state index contributed by atoms with van der Waals surface area (Å²) in [7, 11) is 0. The summed E-state index contributed by atoms with van der Waals surface area (Å²) in [6.07, 6.45) is 2.12. The number of carbonyl (C=O) groups is 2. The minimum absolute atomic E-state index is 0.378. The molecule has 2 heterocycles. The smallest absolute Gasteiger partial charge is 0.342 e. The number of amides is 1. The van der Waals surface area contributed by atoms with Crippen molar-refractivity contribution in [3.63, 3.8) is 0 Å². The molecule has 1 amide bonds. The van der Waals surface area contributed by atoms with Crippen LogP contribution in [0.2, 0.25) is 0 Å². The van der Waals surface area contributed by atoms with Gasteiger partial charge in [-0.15, -0.1) is 0 Å². The number of fused-ring (bicyclic) bond motifs is 1. The number of benzene rings is 2. The van der Waals surface area contributed by atoms with Gasteiger partial charge in [0.25, 0.3) is 5.91 Å². The molecule has 0 aliphatic carbocycles. The van der Waals surface area contributed by atoms with E-state index in [0.29, 0.717) is 29.4 Å². The number of ether oxygens (including phenoxy) is 2. The van der Waals surface area contributed by atoms with Gasteiger partial charge in [-0.25, -0.2) is 9.78 Å². The molecule has 7 heteroatoms. The van der Waals surface area contributed by atoms with E-state index in [1.165, 1.54) is 0 Å². The van der Waals surface area contributed by atoms with E-state index in [1.54, 1.807) is 24.3 Å². The fourth-order valence-electron chi connectivity index (χ4n) is 3.67. The van der Waals surface area contributed by atoms with E-state index in [2.05, 4.69) is 10.2 Å². The van der Waals surface area contributed by atoms with Crippen molar-refractivity contribution < 1.29 is 19.1 Å². The third kappa shape index (κ3) is 4.77. The predicted molar refractivity (Wildman–Crippen MR) is 120 cm³/mol. The normalized spacial score (nSPS) is 13.3. The molecule has 1 N–H and O–H groups in total. The van der Waals surface area contributed by atoms with E-state index in [4.69, 9.17) is 14.5 Å². The van der Waals surface area contributed by atoms with E-state index >= 15 is 0 Å². The number of esters is 1. The highest BCUT2D eigenvalue weighted by Crippen LogP contribution is 2.27. The van der Waals surface area contributed by atoms with Gasteiger partial charge in [0.05, 0.1) is 17.8 Å². The summed E-state index contributed by atoms with van der Waals surface area (Å²) in [6.45, 7) is 3.65. The van der Waals surface area contributed by atoms with Crippen molar-refractivity contribution in [3.05, 3.63) is 60.2 Å². The van der Waals surface area contributed by atoms with Crippen molar-refractivity contribution in [1.82, 2.24) is 4.98 Å². The second-order valence-corrected chi connectivity index (χ2v) is 7.30. The quantitative estimate of drug-likeness (QED) is 0.583. The molecule has 0 saturated carbocycles. The predicted octanol–water partition coefficient (Wildman–Crippen LogP) is 4.03. The number of aromatic nitrogens is 1. The van der Waals surface area contributed by atoms with Crippen molar-refractivity contribution in [1.29, 1.82) is 0 Å². The molecule has 0 unspecified atom stereocenters. The van der Waals surface area contributed by atoms with E-state index in [0.717, 1.165) is 36.8 Å². The summed E-state index contributed by atoms with van der Waals surface area (Å²) in [5.41, 5.74) is 1.74.